The Hall–Kier alpha value is -3.01. The Morgan fingerprint density at radius 1 is 1.07 bits per heavy atom. The van der Waals surface area contributed by atoms with E-state index in [1.807, 2.05) is 0 Å². The third-order valence-corrected chi connectivity index (χ3v) is 4.26. The number of hydrogen-bond donors (Lipinski definition) is 1. The second-order valence-corrected chi connectivity index (χ2v) is 6.50. The van der Waals surface area contributed by atoms with Crippen LogP contribution in [0, 0.1) is 5.82 Å². The van der Waals surface area contributed by atoms with E-state index in [9.17, 15) is 17.6 Å². The number of fused-ring (bicyclic) bond motifs is 1. The highest BCUT2D eigenvalue weighted by Crippen LogP contribution is 2.28. The lowest BCUT2D eigenvalue weighted by atomic mass is 10.1. The minimum absolute atomic E-state index is 0.0686. The van der Waals surface area contributed by atoms with Crippen LogP contribution in [0.5, 0.6) is 5.88 Å². The van der Waals surface area contributed by atoms with Gasteiger partial charge in [0.1, 0.15) is 18.5 Å². The summed E-state index contributed by atoms with van der Waals surface area (Å²) in [7, 11) is 0. The molecule has 0 radical (unpaired) electrons. The minimum Gasteiger partial charge on any atom is -0.470 e. The van der Waals surface area contributed by atoms with Gasteiger partial charge in [0.15, 0.2) is 5.52 Å². The van der Waals surface area contributed by atoms with Crippen LogP contribution in [0.15, 0.2) is 36.4 Å². The highest BCUT2D eigenvalue weighted by Gasteiger charge is 2.28. The Bertz CT molecular complexity index is 1010. The second kappa shape index (κ2) is 7.78. The van der Waals surface area contributed by atoms with Gasteiger partial charge in [0.05, 0.1) is 24.4 Å². The summed E-state index contributed by atoms with van der Waals surface area (Å²) in [5, 5.41) is 2.17. The van der Waals surface area contributed by atoms with Crippen molar-refractivity contribution in [1.29, 1.82) is 0 Å². The molecule has 1 atom stereocenters. The number of aromatic nitrogens is 3. The fourth-order valence-corrected chi connectivity index (χ4v) is 2.87. The van der Waals surface area contributed by atoms with Crippen molar-refractivity contribution >= 4 is 17.0 Å². The average Bonchev–Trinajstić information content (AvgIpc) is 3.19. The maximum Gasteiger partial charge on any atom is 0.405 e. The standard InChI is InChI=1S/C19H16F4N4O2/c20-12-3-1-11(2-4-12)14-5-6-15-16(25-14)17(29-13-7-8-28-9-13)27-18(26-15)24-10-19(21,22)23/h1-6,13H,7-10H2,(H,24,26,27). The van der Waals surface area contributed by atoms with Crippen molar-refractivity contribution in [3.63, 3.8) is 0 Å². The zero-order chi connectivity index (χ0) is 20.4. The van der Waals surface area contributed by atoms with Gasteiger partial charge in [-0.1, -0.05) is 0 Å². The molecule has 152 valence electrons. The van der Waals surface area contributed by atoms with E-state index in [2.05, 4.69) is 20.3 Å². The lowest BCUT2D eigenvalue weighted by Crippen LogP contribution is -2.23. The average molecular weight is 408 g/mol. The second-order valence-electron chi connectivity index (χ2n) is 6.50. The van der Waals surface area contributed by atoms with Gasteiger partial charge in [0.2, 0.25) is 11.8 Å². The molecular formula is C19H16F4N4O2. The van der Waals surface area contributed by atoms with Crippen LogP contribution >= 0.6 is 0 Å². The summed E-state index contributed by atoms with van der Waals surface area (Å²) >= 11 is 0. The van der Waals surface area contributed by atoms with Crippen LogP contribution in [0.2, 0.25) is 0 Å². The fraction of sp³-hybridized carbons (Fsp3) is 0.316. The van der Waals surface area contributed by atoms with Crippen molar-refractivity contribution < 1.29 is 27.0 Å². The van der Waals surface area contributed by atoms with Gasteiger partial charge in [-0.2, -0.15) is 18.2 Å². The number of ether oxygens (including phenoxy) is 2. The van der Waals surface area contributed by atoms with Gasteiger partial charge in [-0.25, -0.2) is 14.4 Å². The molecule has 0 spiro atoms. The Balaban J connectivity index is 1.73. The predicted molar refractivity (Wildman–Crippen MR) is 97.1 cm³/mol. The molecule has 10 heteroatoms. The third kappa shape index (κ3) is 4.70. The van der Waals surface area contributed by atoms with Crippen molar-refractivity contribution in [2.24, 2.45) is 0 Å². The molecule has 0 aliphatic carbocycles. The summed E-state index contributed by atoms with van der Waals surface area (Å²) in [6, 6.07) is 9.05. The van der Waals surface area contributed by atoms with Gasteiger partial charge in [-0.3, -0.25) is 0 Å². The molecule has 0 bridgehead atoms. The number of nitrogens with one attached hydrogen (secondary N) is 1. The van der Waals surface area contributed by atoms with Crippen molar-refractivity contribution in [3.8, 4) is 17.1 Å². The topological polar surface area (TPSA) is 69.2 Å². The summed E-state index contributed by atoms with van der Waals surface area (Å²) in [5.41, 5.74) is 1.83. The number of benzene rings is 1. The Morgan fingerprint density at radius 3 is 2.55 bits per heavy atom. The number of hydrogen-bond acceptors (Lipinski definition) is 6. The molecule has 2 aromatic heterocycles. The number of halogens is 4. The van der Waals surface area contributed by atoms with E-state index in [4.69, 9.17) is 9.47 Å². The monoisotopic (exact) mass is 408 g/mol. The molecule has 4 rings (SSSR count). The van der Waals surface area contributed by atoms with E-state index < -0.39 is 12.7 Å². The normalized spacial score (nSPS) is 16.9. The maximum absolute atomic E-state index is 13.2. The van der Waals surface area contributed by atoms with E-state index >= 15 is 0 Å². The first-order valence-corrected chi connectivity index (χ1v) is 8.87. The molecular weight excluding hydrogens is 392 g/mol. The molecule has 3 heterocycles. The van der Waals surface area contributed by atoms with Gasteiger partial charge < -0.3 is 14.8 Å². The number of rotatable bonds is 5. The molecule has 29 heavy (non-hydrogen) atoms. The van der Waals surface area contributed by atoms with E-state index in [0.29, 0.717) is 41.9 Å². The first-order chi connectivity index (χ1) is 13.9. The van der Waals surface area contributed by atoms with Crippen LogP contribution in [0.4, 0.5) is 23.5 Å². The zero-order valence-corrected chi connectivity index (χ0v) is 15.0. The van der Waals surface area contributed by atoms with Crippen molar-refractivity contribution in [3.05, 3.63) is 42.2 Å². The molecule has 1 saturated heterocycles. The lowest BCUT2D eigenvalue weighted by Gasteiger charge is -2.15. The van der Waals surface area contributed by atoms with E-state index in [1.54, 1.807) is 24.3 Å². The van der Waals surface area contributed by atoms with Crippen LogP contribution in [0.1, 0.15) is 6.42 Å². The Labute approximate surface area is 162 Å². The van der Waals surface area contributed by atoms with Gasteiger partial charge >= 0.3 is 6.18 Å². The zero-order valence-electron chi connectivity index (χ0n) is 15.0. The van der Waals surface area contributed by atoms with E-state index in [0.717, 1.165) is 0 Å². The number of alkyl halides is 3. The van der Waals surface area contributed by atoms with Crippen LogP contribution in [0.25, 0.3) is 22.3 Å². The largest absolute Gasteiger partial charge is 0.470 e. The molecule has 1 unspecified atom stereocenters. The number of anilines is 1. The SMILES string of the molecule is Fc1ccc(-c2ccc3nc(NCC(F)(F)F)nc(OC4CCOC4)c3n2)cc1. The Morgan fingerprint density at radius 2 is 1.86 bits per heavy atom. The van der Waals surface area contributed by atoms with Crippen LogP contribution < -0.4 is 10.1 Å². The molecule has 1 N–H and O–H groups in total. The molecule has 1 aromatic carbocycles. The van der Waals surface area contributed by atoms with Crippen LogP contribution in [-0.4, -0.2) is 47.0 Å². The van der Waals surface area contributed by atoms with Crippen molar-refractivity contribution in [2.45, 2.75) is 18.7 Å². The van der Waals surface area contributed by atoms with E-state index in [1.165, 1.54) is 12.1 Å². The van der Waals surface area contributed by atoms with Gasteiger partial charge in [-0.15, -0.1) is 0 Å². The minimum atomic E-state index is -4.41. The highest BCUT2D eigenvalue weighted by molar-refractivity contribution is 5.83. The van der Waals surface area contributed by atoms with Crippen LogP contribution in [-0.2, 0) is 4.74 Å². The lowest BCUT2D eigenvalue weighted by molar-refractivity contribution is -0.115. The Kier molecular flexibility index (Phi) is 5.18. The molecule has 3 aromatic rings. The summed E-state index contributed by atoms with van der Waals surface area (Å²) in [6.45, 7) is -0.388. The highest BCUT2D eigenvalue weighted by atomic mass is 19.4. The smallest absolute Gasteiger partial charge is 0.405 e. The molecule has 1 aliphatic heterocycles. The first-order valence-electron chi connectivity index (χ1n) is 8.87. The predicted octanol–water partition coefficient (Wildman–Crippen LogP) is 3.97. The van der Waals surface area contributed by atoms with Gasteiger partial charge in [0.25, 0.3) is 0 Å². The third-order valence-electron chi connectivity index (χ3n) is 4.26. The van der Waals surface area contributed by atoms with E-state index in [-0.39, 0.29) is 23.7 Å². The maximum atomic E-state index is 13.2. The molecule has 1 aliphatic rings. The molecule has 6 nitrogen and oxygen atoms in total. The molecule has 0 saturated carbocycles. The molecule has 0 amide bonds. The van der Waals surface area contributed by atoms with Gasteiger partial charge in [0, 0.05) is 12.0 Å². The summed E-state index contributed by atoms with van der Waals surface area (Å²) in [4.78, 5) is 12.7. The quantitative estimate of drug-likeness (QED) is 0.645. The number of pyridine rings is 1. The summed E-state index contributed by atoms with van der Waals surface area (Å²) in [6.07, 6.45) is -4.06. The van der Waals surface area contributed by atoms with Crippen LogP contribution in [0.3, 0.4) is 0 Å². The first kappa shape index (κ1) is 19.3. The molecule has 1 fully saturated rings. The summed E-state index contributed by atoms with van der Waals surface area (Å²) < 4.78 is 62.0. The number of nitrogens with zero attached hydrogens (tertiary/aromatic N) is 3. The summed E-state index contributed by atoms with van der Waals surface area (Å²) in [5.74, 6) is -0.511. The van der Waals surface area contributed by atoms with Crippen molar-refractivity contribution in [2.75, 3.05) is 25.1 Å². The van der Waals surface area contributed by atoms with Crippen molar-refractivity contribution in [1.82, 2.24) is 15.0 Å². The van der Waals surface area contributed by atoms with Gasteiger partial charge in [-0.05, 0) is 36.4 Å². The fourth-order valence-electron chi connectivity index (χ4n) is 2.87.